The highest BCUT2D eigenvalue weighted by Crippen LogP contribution is 2.16. The SMILES string of the molecule is COc1ccc(OCC(=O)NNC(=O)COc2ccccc2)cc1. The molecular weight excluding hydrogens is 312 g/mol. The molecule has 7 heteroatoms. The Morgan fingerprint density at radius 1 is 0.750 bits per heavy atom. The fraction of sp³-hybridized carbons (Fsp3) is 0.176. The van der Waals surface area contributed by atoms with Gasteiger partial charge in [-0.05, 0) is 36.4 Å². The molecule has 0 saturated heterocycles. The Morgan fingerprint density at radius 3 is 1.71 bits per heavy atom. The van der Waals surface area contributed by atoms with Crippen LogP contribution in [0.3, 0.4) is 0 Å². The van der Waals surface area contributed by atoms with Gasteiger partial charge >= 0.3 is 0 Å². The van der Waals surface area contributed by atoms with E-state index in [0.717, 1.165) is 0 Å². The molecule has 24 heavy (non-hydrogen) atoms. The minimum atomic E-state index is -0.487. The van der Waals surface area contributed by atoms with Crippen LogP contribution in [0.15, 0.2) is 54.6 Å². The van der Waals surface area contributed by atoms with Crippen molar-refractivity contribution < 1.29 is 23.8 Å². The van der Waals surface area contributed by atoms with Crippen LogP contribution < -0.4 is 25.1 Å². The van der Waals surface area contributed by atoms with Crippen molar-refractivity contribution in [1.29, 1.82) is 0 Å². The molecule has 0 atom stereocenters. The summed E-state index contributed by atoms with van der Waals surface area (Å²) in [5.74, 6) is 0.819. The van der Waals surface area contributed by atoms with Crippen LogP contribution in [0.1, 0.15) is 0 Å². The number of methoxy groups -OCH3 is 1. The molecule has 126 valence electrons. The fourth-order valence-corrected chi connectivity index (χ4v) is 1.70. The maximum absolute atomic E-state index is 11.6. The summed E-state index contributed by atoms with van der Waals surface area (Å²) < 4.78 is 15.5. The highest BCUT2D eigenvalue weighted by molar-refractivity contribution is 5.83. The van der Waals surface area contributed by atoms with Crippen LogP contribution in [0.2, 0.25) is 0 Å². The number of hydrazine groups is 1. The number of carbonyl (C=O) groups is 2. The van der Waals surface area contributed by atoms with Gasteiger partial charge < -0.3 is 14.2 Å². The quantitative estimate of drug-likeness (QED) is 0.748. The molecule has 0 spiro atoms. The molecule has 0 aliphatic heterocycles. The lowest BCUT2D eigenvalue weighted by Crippen LogP contribution is -2.45. The Balaban J connectivity index is 1.64. The predicted molar refractivity (Wildman–Crippen MR) is 86.7 cm³/mol. The number of ether oxygens (including phenoxy) is 3. The maximum Gasteiger partial charge on any atom is 0.276 e. The Kier molecular flexibility index (Phi) is 6.46. The molecule has 0 heterocycles. The van der Waals surface area contributed by atoms with Crippen LogP contribution >= 0.6 is 0 Å². The second kappa shape index (κ2) is 9.04. The highest BCUT2D eigenvalue weighted by atomic mass is 16.5. The van der Waals surface area contributed by atoms with Crippen LogP contribution in [0.5, 0.6) is 17.2 Å². The second-order valence-corrected chi connectivity index (χ2v) is 4.66. The topological polar surface area (TPSA) is 85.9 Å². The maximum atomic E-state index is 11.6. The van der Waals surface area contributed by atoms with Gasteiger partial charge in [0.25, 0.3) is 11.8 Å². The third-order valence-electron chi connectivity index (χ3n) is 2.88. The Morgan fingerprint density at radius 2 is 1.21 bits per heavy atom. The van der Waals surface area contributed by atoms with Gasteiger partial charge in [0.2, 0.25) is 0 Å². The first-order valence-corrected chi connectivity index (χ1v) is 7.20. The number of hydrogen-bond acceptors (Lipinski definition) is 5. The molecule has 0 aliphatic rings. The molecule has 7 nitrogen and oxygen atoms in total. The van der Waals surface area contributed by atoms with Gasteiger partial charge in [-0.2, -0.15) is 0 Å². The summed E-state index contributed by atoms with van der Waals surface area (Å²) in [6.45, 7) is -0.435. The Bertz CT molecular complexity index is 658. The summed E-state index contributed by atoms with van der Waals surface area (Å²) in [6.07, 6.45) is 0. The van der Waals surface area contributed by atoms with Gasteiger partial charge in [0, 0.05) is 0 Å². The molecule has 0 aliphatic carbocycles. The lowest BCUT2D eigenvalue weighted by atomic mass is 10.3. The van der Waals surface area contributed by atoms with Crippen molar-refractivity contribution in [2.75, 3.05) is 20.3 Å². The number of rotatable bonds is 7. The van der Waals surface area contributed by atoms with Crippen LogP contribution in [0, 0.1) is 0 Å². The van der Waals surface area contributed by atoms with Crippen molar-refractivity contribution in [2.45, 2.75) is 0 Å². The lowest BCUT2D eigenvalue weighted by molar-refractivity contribution is -0.131. The molecule has 0 radical (unpaired) electrons. The van der Waals surface area contributed by atoms with E-state index in [1.807, 2.05) is 6.07 Å². The summed E-state index contributed by atoms with van der Waals surface area (Å²) in [5.41, 5.74) is 4.49. The molecular formula is C17H18N2O5. The van der Waals surface area contributed by atoms with E-state index < -0.39 is 11.8 Å². The van der Waals surface area contributed by atoms with Crippen molar-refractivity contribution in [2.24, 2.45) is 0 Å². The lowest BCUT2D eigenvalue weighted by Gasteiger charge is -2.10. The van der Waals surface area contributed by atoms with Crippen molar-refractivity contribution in [3.05, 3.63) is 54.6 Å². The first-order chi connectivity index (χ1) is 11.7. The molecule has 0 fully saturated rings. The van der Waals surface area contributed by atoms with Crippen LogP contribution in [-0.4, -0.2) is 32.1 Å². The summed E-state index contributed by atoms with van der Waals surface area (Å²) in [4.78, 5) is 23.2. The number of carbonyl (C=O) groups excluding carboxylic acids is 2. The van der Waals surface area contributed by atoms with Crippen molar-refractivity contribution >= 4 is 11.8 Å². The zero-order valence-corrected chi connectivity index (χ0v) is 13.2. The minimum Gasteiger partial charge on any atom is -0.497 e. The van der Waals surface area contributed by atoms with Gasteiger partial charge in [0.05, 0.1) is 7.11 Å². The van der Waals surface area contributed by atoms with Gasteiger partial charge in [-0.25, -0.2) is 0 Å². The van der Waals surface area contributed by atoms with E-state index in [1.165, 1.54) is 0 Å². The third-order valence-corrected chi connectivity index (χ3v) is 2.88. The van der Waals surface area contributed by atoms with Crippen LogP contribution in [0.4, 0.5) is 0 Å². The van der Waals surface area contributed by atoms with Gasteiger partial charge in [0.1, 0.15) is 17.2 Å². The number of amides is 2. The number of para-hydroxylation sites is 1. The number of hydrogen-bond donors (Lipinski definition) is 2. The van der Waals surface area contributed by atoms with E-state index >= 15 is 0 Å². The van der Waals surface area contributed by atoms with Crippen molar-refractivity contribution in [3.63, 3.8) is 0 Å². The smallest absolute Gasteiger partial charge is 0.276 e. The Labute approximate surface area is 139 Å². The average Bonchev–Trinajstić information content (AvgIpc) is 2.64. The molecule has 0 saturated carbocycles. The summed E-state index contributed by atoms with van der Waals surface area (Å²) in [6, 6.07) is 15.7. The molecule has 0 unspecified atom stereocenters. The number of benzene rings is 2. The standard InChI is InChI=1S/C17H18N2O5/c1-22-13-7-9-15(10-8-13)24-12-17(21)19-18-16(20)11-23-14-5-3-2-4-6-14/h2-10H,11-12H2,1H3,(H,18,20)(H,19,21). The van der Waals surface area contributed by atoms with Gasteiger partial charge in [-0.1, -0.05) is 18.2 Å². The van der Waals surface area contributed by atoms with E-state index in [1.54, 1.807) is 55.6 Å². The van der Waals surface area contributed by atoms with Crippen molar-refractivity contribution in [1.82, 2.24) is 10.9 Å². The molecule has 2 rings (SSSR count). The zero-order valence-electron chi connectivity index (χ0n) is 13.2. The molecule has 0 aromatic heterocycles. The fourth-order valence-electron chi connectivity index (χ4n) is 1.70. The van der Waals surface area contributed by atoms with E-state index in [2.05, 4.69) is 10.9 Å². The zero-order chi connectivity index (χ0) is 17.2. The summed E-state index contributed by atoms with van der Waals surface area (Å²) >= 11 is 0. The molecule has 2 amide bonds. The molecule has 2 aromatic rings. The Hall–Kier alpha value is -3.22. The first-order valence-electron chi connectivity index (χ1n) is 7.20. The first kappa shape index (κ1) is 17.1. The highest BCUT2D eigenvalue weighted by Gasteiger charge is 2.06. The third kappa shape index (κ3) is 5.88. The van der Waals surface area contributed by atoms with E-state index in [-0.39, 0.29) is 13.2 Å². The van der Waals surface area contributed by atoms with Gasteiger partial charge in [-0.3, -0.25) is 20.4 Å². The van der Waals surface area contributed by atoms with Crippen LogP contribution in [-0.2, 0) is 9.59 Å². The molecule has 0 bridgehead atoms. The minimum absolute atomic E-state index is 0.205. The van der Waals surface area contributed by atoms with Gasteiger partial charge in [0.15, 0.2) is 13.2 Å². The van der Waals surface area contributed by atoms with E-state index in [0.29, 0.717) is 17.2 Å². The van der Waals surface area contributed by atoms with Crippen LogP contribution in [0.25, 0.3) is 0 Å². The largest absolute Gasteiger partial charge is 0.497 e. The average molecular weight is 330 g/mol. The predicted octanol–water partition coefficient (Wildman–Crippen LogP) is 1.30. The second-order valence-electron chi connectivity index (χ2n) is 4.66. The summed E-state index contributed by atoms with van der Waals surface area (Å²) in [5, 5.41) is 0. The molecule has 2 aromatic carbocycles. The van der Waals surface area contributed by atoms with Gasteiger partial charge in [-0.15, -0.1) is 0 Å². The molecule has 2 N–H and O–H groups in total. The summed E-state index contributed by atoms with van der Waals surface area (Å²) in [7, 11) is 1.56. The number of nitrogens with one attached hydrogen (secondary N) is 2. The normalized spacial score (nSPS) is 9.71. The van der Waals surface area contributed by atoms with Crippen molar-refractivity contribution in [3.8, 4) is 17.2 Å². The van der Waals surface area contributed by atoms with E-state index in [9.17, 15) is 9.59 Å². The van der Waals surface area contributed by atoms with E-state index in [4.69, 9.17) is 14.2 Å². The monoisotopic (exact) mass is 330 g/mol.